The number of halogens is 2. The molecule has 0 atom stereocenters. The summed E-state index contributed by atoms with van der Waals surface area (Å²) in [6.07, 6.45) is 0. The standard InChI is InChI=1S/C15H18F2N4O2S2/c1-10(2)14-18-15(24-19-14)20-5-7-21(8-6-20)25(22,23)13-9-11(16)3-4-12(13)17/h3-4,9-10H,5-8H2,1-2H3. The monoisotopic (exact) mass is 388 g/mol. The third-order valence-corrected chi connectivity index (χ3v) is 6.67. The van der Waals surface area contributed by atoms with Gasteiger partial charge in [-0.15, -0.1) is 0 Å². The van der Waals surface area contributed by atoms with Crippen LogP contribution in [-0.2, 0) is 10.0 Å². The highest BCUT2D eigenvalue weighted by Gasteiger charge is 2.31. The van der Waals surface area contributed by atoms with Gasteiger partial charge in [0.1, 0.15) is 22.4 Å². The van der Waals surface area contributed by atoms with Crippen molar-refractivity contribution in [3.8, 4) is 0 Å². The number of aromatic nitrogens is 2. The van der Waals surface area contributed by atoms with Gasteiger partial charge in [0.25, 0.3) is 0 Å². The van der Waals surface area contributed by atoms with Crippen LogP contribution in [0.1, 0.15) is 25.6 Å². The highest BCUT2D eigenvalue weighted by molar-refractivity contribution is 7.89. The number of sulfonamides is 1. The third-order valence-electron chi connectivity index (χ3n) is 3.97. The maximum Gasteiger partial charge on any atom is 0.246 e. The molecule has 0 spiro atoms. The van der Waals surface area contributed by atoms with E-state index in [0.29, 0.717) is 13.1 Å². The Balaban J connectivity index is 1.74. The molecule has 1 aromatic heterocycles. The molecule has 25 heavy (non-hydrogen) atoms. The van der Waals surface area contributed by atoms with Crippen molar-refractivity contribution < 1.29 is 17.2 Å². The molecular formula is C15H18F2N4O2S2. The minimum Gasteiger partial charge on any atom is -0.344 e. The molecular weight excluding hydrogens is 370 g/mol. The SMILES string of the molecule is CC(C)c1nsc(N2CCN(S(=O)(=O)c3cc(F)ccc3F)CC2)n1. The Kier molecular flexibility index (Phi) is 5.03. The number of hydrogen-bond donors (Lipinski definition) is 0. The summed E-state index contributed by atoms with van der Waals surface area (Å²) in [4.78, 5) is 5.79. The van der Waals surface area contributed by atoms with Crippen LogP contribution in [0, 0.1) is 11.6 Å². The number of nitrogens with zero attached hydrogens (tertiary/aromatic N) is 4. The minimum absolute atomic E-state index is 0.175. The van der Waals surface area contributed by atoms with Crippen LogP contribution in [-0.4, -0.2) is 48.3 Å². The van der Waals surface area contributed by atoms with Crippen LogP contribution in [0.15, 0.2) is 23.1 Å². The van der Waals surface area contributed by atoms with Crippen molar-refractivity contribution in [1.29, 1.82) is 0 Å². The molecule has 3 rings (SSSR count). The van der Waals surface area contributed by atoms with Crippen molar-refractivity contribution in [3.05, 3.63) is 35.7 Å². The second-order valence-electron chi connectivity index (χ2n) is 6.06. The van der Waals surface area contributed by atoms with Crippen LogP contribution < -0.4 is 4.90 Å². The lowest BCUT2D eigenvalue weighted by Gasteiger charge is -2.33. The molecule has 0 aliphatic carbocycles. The van der Waals surface area contributed by atoms with Gasteiger partial charge in [-0.05, 0) is 18.2 Å². The maximum absolute atomic E-state index is 13.8. The Morgan fingerprint density at radius 2 is 1.84 bits per heavy atom. The zero-order chi connectivity index (χ0) is 18.2. The van der Waals surface area contributed by atoms with Gasteiger partial charge in [0.2, 0.25) is 15.2 Å². The molecule has 10 heteroatoms. The zero-order valence-electron chi connectivity index (χ0n) is 13.8. The van der Waals surface area contributed by atoms with Gasteiger partial charge in [-0.1, -0.05) is 13.8 Å². The summed E-state index contributed by atoms with van der Waals surface area (Å²) in [5.41, 5.74) is 0. The fraction of sp³-hybridized carbons (Fsp3) is 0.467. The maximum atomic E-state index is 13.8. The summed E-state index contributed by atoms with van der Waals surface area (Å²) in [6.45, 7) is 5.20. The fourth-order valence-corrected chi connectivity index (χ4v) is 4.88. The van der Waals surface area contributed by atoms with Crippen molar-refractivity contribution in [2.75, 3.05) is 31.1 Å². The number of benzene rings is 1. The summed E-state index contributed by atoms with van der Waals surface area (Å²) < 4.78 is 57.8. The number of rotatable bonds is 4. The first kappa shape index (κ1) is 18.2. The van der Waals surface area contributed by atoms with Gasteiger partial charge in [-0.25, -0.2) is 22.2 Å². The second kappa shape index (κ2) is 6.93. The lowest BCUT2D eigenvalue weighted by Crippen LogP contribution is -2.48. The molecule has 1 aliphatic heterocycles. The van der Waals surface area contributed by atoms with E-state index in [2.05, 4.69) is 9.36 Å². The van der Waals surface area contributed by atoms with E-state index in [1.165, 1.54) is 15.8 Å². The molecule has 1 fully saturated rings. The van der Waals surface area contributed by atoms with Crippen LogP contribution in [0.3, 0.4) is 0 Å². The molecule has 2 heterocycles. The Morgan fingerprint density at radius 1 is 1.16 bits per heavy atom. The number of hydrogen-bond acceptors (Lipinski definition) is 6. The first-order valence-corrected chi connectivity index (χ1v) is 10.0. The van der Waals surface area contributed by atoms with Crippen molar-refractivity contribution >= 4 is 26.7 Å². The molecule has 2 aromatic rings. The highest BCUT2D eigenvalue weighted by atomic mass is 32.2. The highest BCUT2D eigenvalue weighted by Crippen LogP contribution is 2.25. The van der Waals surface area contributed by atoms with Gasteiger partial charge in [0.15, 0.2) is 0 Å². The first-order valence-electron chi connectivity index (χ1n) is 7.83. The molecule has 6 nitrogen and oxygen atoms in total. The normalized spacial score (nSPS) is 16.6. The van der Waals surface area contributed by atoms with Crippen molar-refractivity contribution in [3.63, 3.8) is 0 Å². The average Bonchev–Trinajstić information content (AvgIpc) is 3.07. The van der Waals surface area contributed by atoms with Crippen LogP contribution in [0.2, 0.25) is 0 Å². The van der Waals surface area contributed by atoms with Gasteiger partial charge < -0.3 is 4.90 Å². The van der Waals surface area contributed by atoms with Crippen molar-refractivity contribution in [2.24, 2.45) is 0 Å². The topological polar surface area (TPSA) is 66.4 Å². The van der Waals surface area contributed by atoms with E-state index in [1.54, 1.807) is 0 Å². The van der Waals surface area contributed by atoms with E-state index < -0.39 is 26.6 Å². The molecule has 0 unspecified atom stereocenters. The lowest BCUT2D eigenvalue weighted by molar-refractivity contribution is 0.381. The predicted octanol–water partition coefficient (Wildman–Crippen LogP) is 2.45. The second-order valence-corrected chi connectivity index (χ2v) is 8.69. The van der Waals surface area contributed by atoms with Crippen LogP contribution in [0.4, 0.5) is 13.9 Å². The fourth-order valence-electron chi connectivity index (χ4n) is 2.52. The van der Waals surface area contributed by atoms with Gasteiger partial charge in [0, 0.05) is 43.6 Å². The molecule has 1 aliphatic rings. The smallest absolute Gasteiger partial charge is 0.246 e. The third kappa shape index (κ3) is 3.65. The molecule has 0 bridgehead atoms. The van der Waals surface area contributed by atoms with E-state index in [0.717, 1.165) is 29.2 Å². The van der Waals surface area contributed by atoms with Gasteiger partial charge in [-0.2, -0.15) is 8.68 Å². The molecule has 0 radical (unpaired) electrons. The van der Waals surface area contributed by atoms with Crippen LogP contribution in [0.5, 0.6) is 0 Å². The molecule has 1 saturated heterocycles. The largest absolute Gasteiger partial charge is 0.344 e. The van der Waals surface area contributed by atoms with E-state index in [1.807, 2.05) is 18.7 Å². The van der Waals surface area contributed by atoms with Crippen LogP contribution in [0.25, 0.3) is 0 Å². The predicted molar refractivity (Wildman–Crippen MR) is 91.3 cm³/mol. The summed E-state index contributed by atoms with van der Waals surface area (Å²) in [5, 5.41) is 0.748. The van der Waals surface area contributed by atoms with E-state index >= 15 is 0 Å². The van der Waals surface area contributed by atoms with E-state index in [4.69, 9.17) is 0 Å². The summed E-state index contributed by atoms with van der Waals surface area (Å²) >= 11 is 1.28. The Bertz CT molecular complexity index is 862. The van der Waals surface area contributed by atoms with Crippen molar-refractivity contribution in [1.82, 2.24) is 13.7 Å². The van der Waals surface area contributed by atoms with Crippen LogP contribution >= 0.6 is 11.5 Å². The Labute approximate surface area is 149 Å². The molecule has 0 saturated carbocycles. The summed E-state index contributed by atoms with van der Waals surface area (Å²) in [7, 11) is -4.07. The average molecular weight is 388 g/mol. The molecule has 136 valence electrons. The summed E-state index contributed by atoms with van der Waals surface area (Å²) in [5.74, 6) is -0.747. The first-order chi connectivity index (χ1) is 11.8. The number of piperazine rings is 1. The minimum atomic E-state index is -4.07. The Hall–Kier alpha value is -1.65. The Morgan fingerprint density at radius 3 is 2.44 bits per heavy atom. The molecule has 0 N–H and O–H groups in total. The van der Waals surface area contributed by atoms with E-state index in [9.17, 15) is 17.2 Å². The zero-order valence-corrected chi connectivity index (χ0v) is 15.4. The number of anilines is 1. The van der Waals surface area contributed by atoms with Gasteiger partial charge >= 0.3 is 0 Å². The lowest BCUT2D eigenvalue weighted by atomic mass is 10.2. The van der Waals surface area contributed by atoms with E-state index in [-0.39, 0.29) is 19.0 Å². The van der Waals surface area contributed by atoms with Crippen molar-refractivity contribution in [2.45, 2.75) is 24.7 Å². The molecule has 0 amide bonds. The quantitative estimate of drug-likeness (QED) is 0.805. The molecule has 1 aromatic carbocycles. The summed E-state index contributed by atoms with van der Waals surface area (Å²) in [6, 6.07) is 2.44. The van der Waals surface area contributed by atoms with Gasteiger partial charge in [-0.3, -0.25) is 0 Å². The van der Waals surface area contributed by atoms with Gasteiger partial charge in [0.05, 0.1) is 0 Å².